The summed E-state index contributed by atoms with van der Waals surface area (Å²) in [5.41, 5.74) is -2.27. The number of carbonyl (C=O) groups is 2. The van der Waals surface area contributed by atoms with Gasteiger partial charge >= 0.3 is 0 Å². The number of Topliss-reactive ketones (excluding diaryl/α,β-unsaturated/α-hetero) is 1. The SMILES string of the molecule is CCCCCC[C@@H](C)C[C@@H](C)/C=C/C(=O)N[C@H]1CC2(O[C@H]1O)[C@@H]1O[C@@H]1C(O)(CC(C)=O)[C@@H]1O[C@@H]12. The lowest BCUT2D eigenvalue weighted by atomic mass is 9.72. The zero-order valence-corrected chi connectivity index (χ0v) is 20.9. The summed E-state index contributed by atoms with van der Waals surface area (Å²) in [6.07, 6.45) is 7.87. The average molecular weight is 480 g/mol. The first-order chi connectivity index (χ1) is 16.1. The summed E-state index contributed by atoms with van der Waals surface area (Å²) in [4.78, 5) is 24.2. The summed E-state index contributed by atoms with van der Waals surface area (Å²) >= 11 is 0. The van der Waals surface area contributed by atoms with Crippen LogP contribution in [0.2, 0.25) is 0 Å². The molecule has 3 aliphatic heterocycles. The highest BCUT2D eigenvalue weighted by molar-refractivity contribution is 5.87. The van der Waals surface area contributed by atoms with Gasteiger partial charge in [-0.1, -0.05) is 59.0 Å². The Balaban J connectivity index is 1.26. The van der Waals surface area contributed by atoms with E-state index in [9.17, 15) is 19.8 Å². The van der Waals surface area contributed by atoms with Gasteiger partial charge in [-0.15, -0.1) is 0 Å². The van der Waals surface area contributed by atoms with E-state index in [0.29, 0.717) is 18.3 Å². The molecule has 4 aliphatic rings. The van der Waals surface area contributed by atoms with Crippen molar-refractivity contribution in [2.45, 2.75) is 127 Å². The molecule has 1 aliphatic carbocycles. The van der Waals surface area contributed by atoms with Gasteiger partial charge in [0.2, 0.25) is 5.91 Å². The van der Waals surface area contributed by atoms with E-state index in [0.717, 1.165) is 6.42 Å². The minimum Gasteiger partial charge on any atom is -0.384 e. The number of fused-ring (bicyclic) bond motifs is 4. The second-order valence-electron chi connectivity index (χ2n) is 11.1. The average Bonchev–Trinajstić information content (AvgIpc) is 3.66. The number of ether oxygens (including phenoxy) is 3. The van der Waals surface area contributed by atoms with Gasteiger partial charge in [-0.2, -0.15) is 0 Å². The lowest BCUT2D eigenvalue weighted by molar-refractivity contribution is -0.161. The van der Waals surface area contributed by atoms with Gasteiger partial charge in [0.1, 0.15) is 41.4 Å². The van der Waals surface area contributed by atoms with Crippen LogP contribution in [0.3, 0.4) is 0 Å². The number of allylic oxidation sites excluding steroid dienone is 1. The first kappa shape index (κ1) is 25.8. The third-order valence-electron chi connectivity index (χ3n) is 7.92. The van der Waals surface area contributed by atoms with Crippen molar-refractivity contribution in [2.75, 3.05) is 0 Å². The molecule has 0 aromatic carbocycles. The molecule has 1 spiro atoms. The summed E-state index contributed by atoms with van der Waals surface area (Å²) in [5, 5.41) is 24.4. The smallest absolute Gasteiger partial charge is 0.244 e. The number of aliphatic hydroxyl groups excluding tert-OH is 1. The number of hydrogen-bond donors (Lipinski definition) is 3. The van der Waals surface area contributed by atoms with E-state index in [4.69, 9.17) is 14.2 Å². The lowest BCUT2D eigenvalue weighted by Crippen LogP contribution is -2.57. The number of aliphatic hydroxyl groups is 2. The van der Waals surface area contributed by atoms with Gasteiger partial charge in [0, 0.05) is 12.8 Å². The Kier molecular flexibility index (Phi) is 7.56. The van der Waals surface area contributed by atoms with Gasteiger partial charge in [0.15, 0.2) is 6.29 Å². The Morgan fingerprint density at radius 3 is 2.41 bits per heavy atom. The molecule has 34 heavy (non-hydrogen) atoms. The maximum Gasteiger partial charge on any atom is 0.244 e. The van der Waals surface area contributed by atoms with Crippen molar-refractivity contribution in [3.8, 4) is 0 Å². The van der Waals surface area contributed by atoms with Crippen LogP contribution in [0, 0.1) is 11.8 Å². The molecule has 4 rings (SSSR count). The van der Waals surface area contributed by atoms with E-state index in [2.05, 4.69) is 26.1 Å². The minimum atomic E-state index is -1.35. The molecule has 8 nitrogen and oxygen atoms in total. The second kappa shape index (κ2) is 9.97. The van der Waals surface area contributed by atoms with Crippen LogP contribution in [0.15, 0.2) is 12.2 Å². The van der Waals surface area contributed by atoms with Gasteiger partial charge in [-0.25, -0.2) is 0 Å². The fraction of sp³-hybridized carbons (Fsp3) is 0.846. The molecule has 3 N–H and O–H groups in total. The molecule has 3 saturated heterocycles. The summed E-state index contributed by atoms with van der Waals surface area (Å²) < 4.78 is 17.4. The minimum absolute atomic E-state index is 0.0333. The number of amides is 1. The quantitative estimate of drug-likeness (QED) is 0.223. The van der Waals surface area contributed by atoms with Crippen LogP contribution in [0.1, 0.15) is 79.1 Å². The van der Waals surface area contributed by atoms with E-state index in [1.165, 1.54) is 39.0 Å². The highest BCUT2D eigenvalue weighted by Gasteiger charge is 2.83. The van der Waals surface area contributed by atoms with Crippen molar-refractivity contribution in [2.24, 2.45) is 11.8 Å². The van der Waals surface area contributed by atoms with Crippen LogP contribution >= 0.6 is 0 Å². The molecule has 0 aromatic heterocycles. The number of nitrogens with one attached hydrogen (secondary N) is 1. The van der Waals surface area contributed by atoms with E-state index < -0.39 is 47.9 Å². The highest BCUT2D eigenvalue weighted by atomic mass is 16.7. The Morgan fingerprint density at radius 2 is 1.79 bits per heavy atom. The van der Waals surface area contributed by atoms with Crippen molar-refractivity contribution < 1.29 is 34.0 Å². The molecule has 0 bridgehead atoms. The molecule has 10 atom stereocenters. The first-order valence-corrected chi connectivity index (χ1v) is 13.0. The fourth-order valence-electron chi connectivity index (χ4n) is 6.17. The van der Waals surface area contributed by atoms with E-state index in [1.807, 2.05) is 6.08 Å². The normalized spacial score (nSPS) is 41.7. The molecule has 2 unspecified atom stereocenters. The molecular formula is C26H41NO7. The zero-order chi connectivity index (χ0) is 24.7. The maximum absolute atomic E-state index is 12.6. The fourth-order valence-corrected chi connectivity index (χ4v) is 6.17. The standard InChI is InChI=1S/C26H41NO7/c1-5-6-7-8-9-15(2)12-16(3)10-11-19(29)27-18-14-26(34-24(18)30)22-20(32-22)25(31,13-17(4)28)21-23(26)33-21/h10-11,15-16,18,20-24,30-31H,5-9,12-14H2,1-4H3,(H,27,29)/b11-10+/t15-,16+,18+,20-,21+,22+,23-,24-,25?,26?/m1/s1. The zero-order valence-electron chi connectivity index (χ0n) is 20.9. The van der Waals surface area contributed by atoms with Gasteiger partial charge < -0.3 is 29.7 Å². The lowest BCUT2D eigenvalue weighted by Gasteiger charge is -2.33. The number of rotatable bonds is 12. The van der Waals surface area contributed by atoms with Crippen LogP contribution in [0.5, 0.6) is 0 Å². The predicted molar refractivity (Wildman–Crippen MR) is 125 cm³/mol. The van der Waals surface area contributed by atoms with Crippen molar-refractivity contribution >= 4 is 11.7 Å². The summed E-state index contributed by atoms with van der Waals surface area (Å²) in [7, 11) is 0. The number of carbonyl (C=O) groups excluding carboxylic acids is 2. The van der Waals surface area contributed by atoms with Gasteiger partial charge in [-0.05, 0) is 31.3 Å². The largest absolute Gasteiger partial charge is 0.384 e. The van der Waals surface area contributed by atoms with Crippen LogP contribution in [0.25, 0.3) is 0 Å². The topological polar surface area (TPSA) is 121 Å². The summed E-state index contributed by atoms with van der Waals surface area (Å²) in [5.74, 6) is 0.515. The van der Waals surface area contributed by atoms with Crippen molar-refractivity contribution in [1.29, 1.82) is 0 Å². The predicted octanol–water partition coefficient (Wildman–Crippen LogP) is 2.40. The number of epoxide rings is 2. The molecule has 4 fully saturated rings. The third-order valence-corrected chi connectivity index (χ3v) is 7.92. The maximum atomic E-state index is 12.6. The molecule has 1 saturated carbocycles. The monoisotopic (exact) mass is 479 g/mol. The Hall–Kier alpha value is -1.32. The molecule has 1 amide bonds. The Bertz CT molecular complexity index is 780. The molecule has 192 valence electrons. The second-order valence-corrected chi connectivity index (χ2v) is 11.1. The number of unbranched alkanes of at least 4 members (excludes halogenated alkanes) is 3. The summed E-state index contributed by atoms with van der Waals surface area (Å²) in [6.45, 7) is 8.04. The molecular weight excluding hydrogens is 438 g/mol. The number of hydrogen-bond acceptors (Lipinski definition) is 7. The molecule has 3 heterocycles. The third kappa shape index (κ3) is 5.12. The Labute approximate surface area is 202 Å². The first-order valence-electron chi connectivity index (χ1n) is 13.0. The van der Waals surface area contributed by atoms with E-state index in [1.54, 1.807) is 6.08 Å². The molecule has 0 aromatic rings. The Morgan fingerprint density at radius 1 is 1.12 bits per heavy atom. The van der Waals surface area contributed by atoms with Crippen LogP contribution < -0.4 is 5.32 Å². The van der Waals surface area contributed by atoms with Crippen molar-refractivity contribution in [1.82, 2.24) is 5.32 Å². The van der Waals surface area contributed by atoms with Crippen LogP contribution in [-0.4, -0.2) is 69.9 Å². The van der Waals surface area contributed by atoms with Gasteiger partial charge in [-0.3, -0.25) is 9.59 Å². The number of ketones is 1. The van der Waals surface area contributed by atoms with Crippen LogP contribution in [-0.2, 0) is 23.8 Å². The summed E-state index contributed by atoms with van der Waals surface area (Å²) in [6, 6.07) is -0.598. The highest BCUT2D eigenvalue weighted by Crippen LogP contribution is 2.62. The van der Waals surface area contributed by atoms with E-state index in [-0.39, 0.29) is 18.1 Å². The van der Waals surface area contributed by atoms with Crippen LogP contribution in [0.4, 0.5) is 0 Å². The van der Waals surface area contributed by atoms with E-state index >= 15 is 0 Å². The van der Waals surface area contributed by atoms with Gasteiger partial charge in [0.25, 0.3) is 0 Å². The van der Waals surface area contributed by atoms with Crippen molar-refractivity contribution in [3.63, 3.8) is 0 Å². The molecule has 8 heteroatoms. The van der Waals surface area contributed by atoms with Gasteiger partial charge in [0.05, 0.1) is 6.04 Å². The molecule has 0 radical (unpaired) electrons. The van der Waals surface area contributed by atoms with Crippen molar-refractivity contribution in [3.05, 3.63) is 12.2 Å².